The average molecular weight is 537 g/mol. The molecule has 3 aromatic rings. The van der Waals surface area contributed by atoms with E-state index in [1.54, 1.807) is 16.7 Å². The summed E-state index contributed by atoms with van der Waals surface area (Å²) in [7, 11) is 0. The minimum Gasteiger partial charge on any atom is -0.350 e. The van der Waals surface area contributed by atoms with Crippen LogP contribution in [0, 0.1) is 11.6 Å². The van der Waals surface area contributed by atoms with Crippen molar-refractivity contribution < 1.29 is 26.7 Å². The summed E-state index contributed by atoms with van der Waals surface area (Å²) < 4.78 is 73.1. The van der Waals surface area contributed by atoms with E-state index >= 15 is 0 Å². The van der Waals surface area contributed by atoms with Crippen LogP contribution in [-0.4, -0.2) is 51.8 Å². The van der Waals surface area contributed by atoms with Crippen molar-refractivity contribution in [3.63, 3.8) is 0 Å². The first-order valence-corrected chi connectivity index (χ1v) is 12.4. The molecule has 0 saturated carbocycles. The molecule has 6 nitrogen and oxygen atoms in total. The molecular formula is C25H21F5N4O2S. The monoisotopic (exact) mass is 536 g/mol. The molecule has 0 unspecified atom stereocenters. The van der Waals surface area contributed by atoms with Crippen LogP contribution in [0.15, 0.2) is 46.6 Å². The summed E-state index contributed by atoms with van der Waals surface area (Å²) in [5, 5.41) is 0.107. The molecule has 2 aromatic carbocycles. The van der Waals surface area contributed by atoms with Gasteiger partial charge in [0, 0.05) is 65.4 Å². The molecule has 37 heavy (non-hydrogen) atoms. The van der Waals surface area contributed by atoms with E-state index in [9.17, 15) is 31.5 Å². The van der Waals surface area contributed by atoms with Gasteiger partial charge in [-0.3, -0.25) is 9.36 Å². The van der Waals surface area contributed by atoms with Crippen LogP contribution >= 0.6 is 11.8 Å². The number of hydrogen-bond acceptors (Lipinski definition) is 5. The molecule has 0 spiro atoms. The van der Waals surface area contributed by atoms with Crippen LogP contribution in [0.5, 0.6) is 0 Å². The minimum absolute atomic E-state index is 0.0785. The molecule has 1 aromatic heterocycles. The normalized spacial score (nSPS) is 17.8. The fourth-order valence-corrected chi connectivity index (χ4v) is 6.18. The maximum atomic E-state index is 14.8. The molecule has 2 aliphatic heterocycles. The minimum atomic E-state index is -4.88. The highest BCUT2D eigenvalue weighted by Gasteiger charge is 2.39. The number of alkyl halides is 3. The Morgan fingerprint density at radius 1 is 1.19 bits per heavy atom. The molecule has 1 fully saturated rings. The lowest BCUT2D eigenvalue weighted by atomic mass is 9.95. The van der Waals surface area contributed by atoms with E-state index in [0.29, 0.717) is 6.07 Å². The highest BCUT2D eigenvalue weighted by Crippen LogP contribution is 2.49. The summed E-state index contributed by atoms with van der Waals surface area (Å²) in [6.07, 6.45) is -3.68. The highest BCUT2D eigenvalue weighted by molar-refractivity contribution is 7.99. The predicted molar refractivity (Wildman–Crippen MR) is 131 cm³/mol. The van der Waals surface area contributed by atoms with Gasteiger partial charge < -0.3 is 9.80 Å². The highest BCUT2D eigenvalue weighted by atomic mass is 32.2. The number of piperazine rings is 1. The largest absolute Gasteiger partial charge is 0.417 e. The lowest BCUT2D eigenvalue weighted by Gasteiger charge is -2.41. The van der Waals surface area contributed by atoms with Crippen LogP contribution in [0.25, 0.3) is 22.0 Å². The summed E-state index contributed by atoms with van der Waals surface area (Å²) >= 11 is 1.09. The molecule has 194 valence electrons. The summed E-state index contributed by atoms with van der Waals surface area (Å²) in [6, 6.07) is 2.96. The number of anilines is 1. The Morgan fingerprint density at radius 2 is 1.95 bits per heavy atom. The van der Waals surface area contributed by atoms with Crippen molar-refractivity contribution in [2.45, 2.75) is 30.6 Å². The van der Waals surface area contributed by atoms with Crippen molar-refractivity contribution in [1.82, 2.24) is 14.5 Å². The van der Waals surface area contributed by atoms with Crippen LogP contribution in [0.1, 0.15) is 12.5 Å². The molecule has 1 amide bonds. The van der Waals surface area contributed by atoms with Gasteiger partial charge in [-0.2, -0.15) is 18.2 Å². The molecule has 3 heterocycles. The zero-order chi connectivity index (χ0) is 26.6. The van der Waals surface area contributed by atoms with Gasteiger partial charge in [0.1, 0.15) is 17.5 Å². The maximum absolute atomic E-state index is 14.8. The van der Waals surface area contributed by atoms with Crippen molar-refractivity contribution in [3.05, 3.63) is 64.6 Å². The number of aromatic nitrogens is 2. The van der Waals surface area contributed by atoms with E-state index in [2.05, 4.69) is 11.6 Å². The van der Waals surface area contributed by atoms with Gasteiger partial charge in [0.2, 0.25) is 5.91 Å². The predicted octanol–water partition coefficient (Wildman–Crippen LogP) is 4.69. The molecule has 5 rings (SSSR count). The van der Waals surface area contributed by atoms with Gasteiger partial charge in [0.25, 0.3) is 0 Å². The summed E-state index contributed by atoms with van der Waals surface area (Å²) in [6.45, 7) is 6.27. The lowest BCUT2D eigenvalue weighted by Crippen LogP contribution is -2.54. The van der Waals surface area contributed by atoms with Crippen LogP contribution in [0.3, 0.4) is 0 Å². The van der Waals surface area contributed by atoms with E-state index in [0.717, 1.165) is 30.0 Å². The van der Waals surface area contributed by atoms with E-state index in [4.69, 9.17) is 0 Å². The molecule has 1 atom stereocenters. The summed E-state index contributed by atoms with van der Waals surface area (Å²) in [5.74, 6) is -1.96. The topological polar surface area (TPSA) is 58.4 Å². The first kappa shape index (κ1) is 25.2. The molecule has 0 radical (unpaired) electrons. The molecule has 0 bridgehead atoms. The first-order valence-electron chi connectivity index (χ1n) is 11.5. The van der Waals surface area contributed by atoms with Gasteiger partial charge in [-0.1, -0.05) is 6.58 Å². The molecule has 0 aliphatic carbocycles. The zero-order valence-corrected chi connectivity index (χ0v) is 20.4. The molecular weight excluding hydrogens is 515 g/mol. The Morgan fingerprint density at radius 3 is 2.59 bits per heavy atom. The number of hydrogen-bond donors (Lipinski definition) is 0. The Labute approximate surface area is 212 Å². The fraction of sp³-hybridized carbons (Fsp3) is 0.320. The van der Waals surface area contributed by atoms with Gasteiger partial charge in [0.15, 0.2) is 0 Å². The molecule has 1 saturated heterocycles. The first-order chi connectivity index (χ1) is 17.5. The SMILES string of the molecule is C=CC(=O)N1CCN(c2nc(=O)n3c4c(c(-c5ccc(F)cc5F)c(C(F)(F)F)cc24)SCC3)[C@@H](C)C1. The number of carbonyl (C=O) groups is 1. The fourth-order valence-electron chi connectivity index (χ4n) is 4.98. The second kappa shape index (κ2) is 9.16. The Bertz CT molecular complexity index is 1500. The average Bonchev–Trinajstić information content (AvgIpc) is 2.85. The Balaban J connectivity index is 1.80. The number of nitrogens with zero attached hydrogens (tertiary/aromatic N) is 4. The van der Waals surface area contributed by atoms with Gasteiger partial charge >= 0.3 is 11.9 Å². The van der Waals surface area contributed by atoms with E-state index in [1.807, 2.05) is 0 Å². The van der Waals surface area contributed by atoms with Crippen LogP contribution in [-0.2, 0) is 17.5 Å². The van der Waals surface area contributed by atoms with Crippen molar-refractivity contribution in [3.8, 4) is 11.1 Å². The smallest absolute Gasteiger partial charge is 0.350 e. The standard InChI is InChI=1S/C25H21F5N4O2S/c1-3-19(35)32-6-7-33(13(2)12-32)23-16-11-17(25(28,29)30)20(15-5-4-14(26)10-18(15)27)22-21(16)34(8-9-37-22)24(36)31-23/h3-5,10-11,13H,1,6-9,12H2,2H3/t13-/m0/s1. The number of thioether (sulfide) groups is 1. The Hall–Kier alpha value is -3.41. The van der Waals surface area contributed by atoms with Crippen molar-refractivity contribution in [2.75, 3.05) is 30.3 Å². The van der Waals surface area contributed by atoms with Gasteiger partial charge in [0.05, 0.1) is 11.1 Å². The van der Waals surface area contributed by atoms with Crippen molar-refractivity contribution in [1.29, 1.82) is 0 Å². The third-order valence-corrected chi connectivity index (χ3v) is 7.72. The quantitative estimate of drug-likeness (QED) is 0.359. The van der Waals surface area contributed by atoms with E-state index < -0.39 is 40.2 Å². The van der Waals surface area contributed by atoms with Crippen LogP contribution < -0.4 is 10.6 Å². The van der Waals surface area contributed by atoms with Gasteiger partial charge in [-0.25, -0.2) is 13.6 Å². The lowest BCUT2D eigenvalue weighted by molar-refractivity contribution is -0.137. The third-order valence-electron chi connectivity index (χ3n) is 6.65. The molecule has 12 heteroatoms. The second-order valence-corrected chi connectivity index (χ2v) is 10.0. The molecule has 2 aliphatic rings. The summed E-state index contributed by atoms with van der Waals surface area (Å²) in [5.41, 5.74) is -2.33. The Kier molecular flexibility index (Phi) is 6.25. The number of halogens is 5. The van der Waals surface area contributed by atoms with Crippen molar-refractivity contribution >= 4 is 34.4 Å². The molecule has 0 N–H and O–H groups in total. The number of amides is 1. The van der Waals surface area contributed by atoms with E-state index in [-0.39, 0.29) is 65.5 Å². The van der Waals surface area contributed by atoms with E-state index in [1.165, 1.54) is 10.6 Å². The van der Waals surface area contributed by atoms with Crippen LogP contribution in [0.4, 0.5) is 27.8 Å². The maximum Gasteiger partial charge on any atom is 0.417 e. The number of aryl methyl sites for hydroxylation is 1. The van der Waals surface area contributed by atoms with Gasteiger partial charge in [-0.05, 0) is 31.2 Å². The zero-order valence-electron chi connectivity index (χ0n) is 19.6. The van der Waals surface area contributed by atoms with Crippen LogP contribution in [0.2, 0.25) is 0 Å². The number of rotatable bonds is 3. The number of carbonyl (C=O) groups excluding carboxylic acids is 1. The third kappa shape index (κ3) is 4.26. The number of benzene rings is 2. The summed E-state index contributed by atoms with van der Waals surface area (Å²) in [4.78, 5) is 32.7. The van der Waals surface area contributed by atoms with Gasteiger partial charge in [-0.15, -0.1) is 11.8 Å². The second-order valence-electron chi connectivity index (χ2n) is 8.90. The van der Waals surface area contributed by atoms with Crippen molar-refractivity contribution in [2.24, 2.45) is 0 Å².